The molecule has 2 aromatic carbocycles. The van der Waals surface area contributed by atoms with Crippen LogP contribution in [0.4, 0.5) is 5.82 Å². The number of aromatic amines is 1. The summed E-state index contributed by atoms with van der Waals surface area (Å²) in [5.74, 6) is 0.520. The molecule has 1 aliphatic heterocycles. The number of piperazine rings is 1. The Morgan fingerprint density at radius 3 is 2.44 bits per heavy atom. The predicted octanol–water partition coefficient (Wildman–Crippen LogP) is 3.88. The number of H-pyrrole nitrogens is 1. The lowest BCUT2D eigenvalue weighted by Gasteiger charge is -2.32. The second-order valence-corrected chi connectivity index (χ2v) is 9.22. The number of fused-ring (bicyclic) bond motifs is 1. The average Bonchev–Trinajstić information content (AvgIpc) is 3.44. The monoisotopic (exact) mass is 475 g/mol. The first-order valence-corrected chi connectivity index (χ1v) is 12.0. The van der Waals surface area contributed by atoms with Crippen LogP contribution in [0.3, 0.4) is 0 Å². The third-order valence-electron chi connectivity index (χ3n) is 6.54. The van der Waals surface area contributed by atoms with Crippen LogP contribution in [0, 0.1) is 0 Å². The SMILES string of the molecule is CN1CCN(CCn2nc(-c3cc4ccccc4[nH]3)c(/C(Cl)=C(\N)c3ccccc3)c2N)CC1. The van der Waals surface area contributed by atoms with Gasteiger partial charge in [0.15, 0.2) is 0 Å². The summed E-state index contributed by atoms with van der Waals surface area (Å²) in [4.78, 5) is 8.26. The van der Waals surface area contributed by atoms with E-state index in [9.17, 15) is 0 Å². The van der Waals surface area contributed by atoms with E-state index in [4.69, 9.17) is 28.2 Å². The molecule has 34 heavy (non-hydrogen) atoms. The second kappa shape index (κ2) is 9.54. The Labute approximate surface area is 204 Å². The van der Waals surface area contributed by atoms with Gasteiger partial charge in [-0.05, 0) is 24.7 Å². The smallest absolute Gasteiger partial charge is 0.131 e. The highest BCUT2D eigenvalue weighted by molar-refractivity contribution is 6.53. The van der Waals surface area contributed by atoms with Crippen molar-refractivity contribution in [1.82, 2.24) is 24.6 Å². The fourth-order valence-corrected chi connectivity index (χ4v) is 4.73. The zero-order valence-electron chi connectivity index (χ0n) is 19.3. The molecule has 1 fully saturated rings. The minimum absolute atomic E-state index is 0.406. The Morgan fingerprint density at radius 1 is 1.00 bits per heavy atom. The van der Waals surface area contributed by atoms with Crippen molar-refractivity contribution in [3.05, 3.63) is 71.8 Å². The van der Waals surface area contributed by atoms with Crippen molar-refractivity contribution in [2.75, 3.05) is 45.5 Å². The molecule has 0 unspecified atom stereocenters. The molecule has 2 aromatic heterocycles. The molecule has 1 aliphatic rings. The number of nitrogens with one attached hydrogen (secondary N) is 1. The number of para-hydroxylation sites is 1. The van der Waals surface area contributed by atoms with Crippen LogP contribution < -0.4 is 11.5 Å². The van der Waals surface area contributed by atoms with E-state index in [0.29, 0.717) is 34.3 Å². The highest BCUT2D eigenvalue weighted by atomic mass is 35.5. The summed E-state index contributed by atoms with van der Waals surface area (Å²) >= 11 is 6.92. The molecular formula is C26H30ClN7. The summed E-state index contributed by atoms with van der Waals surface area (Å²) in [6.45, 7) is 5.78. The van der Waals surface area contributed by atoms with Gasteiger partial charge in [0.25, 0.3) is 0 Å². The molecule has 5 rings (SSSR count). The molecule has 0 radical (unpaired) electrons. The van der Waals surface area contributed by atoms with Gasteiger partial charge in [0, 0.05) is 43.6 Å². The van der Waals surface area contributed by atoms with E-state index in [-0.39, 0.29) is 0 Å². The molecule has 1 saturated heterocycles. The van der Waals surface area contributed by atoms with E-state index in [0.717, 1.165) is 54.9 Å². The van der Waals surface area contributed by atoms with Gasteiger partial charge in [0.05, 0.1) is 28.5 Å². The molecule has 4 aromatic rings. The molecule has 8 heteroatoms. The van der Waals surface area contributed by atoms with E-state index in [1.54, 1.807) is 0 Å². The maximum Gasteiger partial charge on any atom is 0.131 e. The normalized spacial score (nSPS) is 16.2. The van der Waals surface area contributed by atoms with Gasteiger partial charge in [-0.1, -0.05) is 60.1 Å². The number of benzene rings is 2. The molecule has 0 bridgehead atoms. The Kier molecular flexibility index (Phi) is 6.32. The van der Waals surface area contributed by atoms with Crippen molar-refractivity contribution >= 4 is 39.1 Å². The summed E-state index contributed by atoms with van der Waals surface area (Å²) in [7, 11) is 2.16. The van der Waals surface area contributed by atoms with E-state index in [2.05, 4.69) is 34.0 Å². The van der Waals surface area contributed by atoms with E-state index < -0.39 is 0 Å². The van der Waals surface area contributed by atoms with Gasteiger partial charge < -0.3 is 21.4 Å². The van der Waals surface area contributed by atoms with Gasteiger partial charge in [-0.2, -0.15) is 5.10 Å². The number of nitrogens with zero attached hydrogens (tertiary/aromatic N) is 4. The van der Waals surface area contributed by atoms with Gasteiger partial charge in [-0.25, -0.2) is 4.68 Å². The number of hydrogen-bond donors (Lipinski definition) is 3. The number of aromatic nitrogens is 3. The number of likely N-dealkylation sites (N-methyl/N-ethyl adjacent to an activating group) is 1. The van der Waals surface area contributed by atoms with Gasteiger partial charge >= 0.3 is 0 Å². The summed E-state index contributed by atoms with van der Waals surface area (Å²) < 4.78 is 1.86. The Bertz CT molecular complexity index is 1280. The summed E-state index contributed by atoms with van der Waals surface area (Å²) in [6.07, 6.45) is 0. The third kappa shape index (κ3) is 4.42. The van der Waals surface area contributed by atoms with Crippen molar-refractivity contribution in [2.24, 2.45) is 5.73 Å². The topological polar surface area (TPSA) is 92.1 Å². The first kappa shape index (κ1) is 22.5. The average molecular weight is 476 g/mol. The fraction of sp³-hybridized carbons (Fsp3) is 0.269. The number of halogens is 1. The molecule has 176 valence electrons. The quantitative estimate of drug-likeness (QED) is 0.393. The molecule has 0 saturated carbocycles. The number of anilines is 1. The van der Waals surface area contributed by atoms with Crippen molar-refractivity contribution < 1.29 is 0 Å². The molecule has 5 N–H and O–H groups in total. The van der Waals surface area contributed by atoms with Crippen LogP contribution in [0.1, 0.15) is 11.1 Å². The van der Waals surface area contributed by atoms with Crippen LogP contribution in [0.15, 0.2) is 60.7 Å². The molecule has 0 spiro atoms. The number of nitrogens with two attached hydrogens (primary N) is 2. The summed E-state index contributed by atoms with van der Waals surface area (Å²) in [6, 6.07) is 19.9. The number of rotatable bonds is 6. The summed E-state index contributed by atoms with van der Waals surface area (Å²) in [5.41, 5.74) is 17.8. The lowest BCUT2D eigenvalue weighted by molar-refractivity contribution is 0.149. The van der Waals surface area contributed by atoms with E-state index in [1.165, 1.54) is 0 Å². The van der Waals surface area contributed by atoms with Crippen LogP contribution in [0.25, 0.3) is 33.0 Å². The number of nitrogen functional groups attached to an aromatic ring is 1. The number of hydrogen-bond acceptors (Lipinski definition) is 5. The minimum atomic E-state index is 0.406. The first-order valence-electron chi connectivity index (χ1n) is 11.6. The lowest BCUT2D eigenvalue weighted by atomic mass is 10.1. The molecule has 3 heterocycles. The standard InChI is InChI=1S/C26H30ClN7/c1-32-11-13-33(14-12-32)15-16-34-26(29)22(23(27)24(28)18-7-3-2-4-8-18)25(31-34)21-17-19-9-5-6-10-20(19)30-21/h2-10,17,30H,11-16,28-29H2,1H3/b24-23+. The van der Waals surface area contributed by atoms with Gasteiger partial charge in [-0.15, -0.1) is 0 Å². The van der Waals surface area contributed by atoms with Crippen molar-refractivity contribution in [2.45, 2.75) is 6.54 Å². The van der Waals surface area contributed by atoms with Gasteiger partial charge in [0.2, 0.25) is 0 Å². The Balaban J connectivity index is 1.55. The maximum absolute atomic E-state index is 6.92. The first-order chi connectivity index (χ1) is 16.5. The minimum Gasteiger partial charge on any atom is -0.397 e. The Morgan fingerprint density at radius 2 is 1.71 bits per heavy atom. The van der Waals surface area contributed by atoms with Crippen LogP contribution >= 0.6 is 11.6 Å². The zero-order valence-corrected chi connectivity index (χ0v) is 20.1. The Hall–Kier alpha value is -3.26. The van der Waals surface area contributed by atoms with Crippen LogP contribution in [-0.2, 0) is 6.54 Å². The van der Waals surface area contributed by atoms with Crippen LogP contribution in [0.5, 0.6) is 0 Å². The lowest BCUT2D eigenvalue weighted by Crippen LogP contribution is -2.45. The highest BCUT2D eigenvalue weighted by Crippen LogP contribution is 2.38. The second-order valence-electron chi connectivity index (χ2n) is 8.84. The van der Waals surface area contributed by atoms with E-state index in [1.807, 2.05) is 53.2 Å². The maximum atomic E-state index is 6.92. The van der Waals surface area contributed by atoms with Crippen LogP contribution in [0.2, 0.25) is 0 Å². The van der Waals surface area contributed by atoms with Gasteiger partial charge in [-0.3, -0.25) is 4.90 Å². The highest BCUT2D eigenvalue weighted by Gasteiger charge is 2.24. The zero-order chi connectivity index (χ0) is 23.7. The van der Waals surface area contributed by atoms with Crippen LogP contribution in [-0.4, -0.2) is 64.3 Å². The molecule has 0 aliphatic carbocycles. The molecule has 7 nitrogen and oxygen atoms in total. The third-order valence-corrected chi connectivity index (χ3v) is 6.93. The predicted molar refractivity (Wildman–Crippen MR) is 141 cm³/mol. The molecule has 0 amide bonds. The largest absolute Gasteiger partial charge is 0.397 e. The molecular weight excluding hydrogens is 446 g/mol. The molecule has 0 atom stereocenters. The van der Waals surface area contributed by atoms with Crippen molar-refractivity contribution in [3.8, 4) is 11.4 Å². The van der Waals surface area contributed by atoms with Crippen molar-refractivity contribution in [3.63, 3.8) is 0 Å². The van der Waals surface area contributed by atoms with E-state index >= 15 is 0 Å². The van der Waals surface area contributed by atoms with Gasteiger partial charge in [0.1, 0.15) is 11.5 Å². The fourth-order valence-electron chi connectivity index (χ4n) is 4.44. The summed E-state index contributed by atoms with van der Waals surface area (Å²) in [5, 5.41) is 6.43. The van der Waals surface area contributed by atoms with Crippen molar-refractivity contribution in [1.29, 1.82) is 0 Å².